The van der Waals surface area contributed by atoms with Gasteiger partial charge >= 0.3 is 5.97 Å². The van der Waals surface area contributed by atoms with Crippen molar-refractivity contribution in [2.24, 2.45) is 5.73 Å². The fourth-order valence-corrected chi connectivity index (χ4v) is 0.896. The highest BCUT2D eigenvalue weighted by Gasteiger charge is 2.02. The highest BCUT2D eigenvalue weighted by atomic mass is 32.1. The lowest BCUT2D eigenvalue weighted by molar-refractivity contribution is -0.147. The van der Waals surface area contributed by atoms with Gasteiger partial charge in [0.15, 0.2) is 5.11 Å². The average molecular weight is 204 g/mol. The Hall–Kier alpha value is -0.840. The van der Waals surface area contributed by atoms with E-state index >= 15 is 0 Å². The van der Waals surface area contributed by atoms with E-state index in [9.17, 15) is 4.79 Å². The molecule has 5 heteroatoms. The second kappa shape index (κ2) is 7.79. The molecule has 0 aromatic carbocycles. The van der Waals surface area contributed by atoms with Crippen LogP contribution in [0.4, 0.5) is 0 Å². The summed E-state index contributed by atoms with van der Waals surface area (Å²) in [6.07, 6.45) is 4.62. The Morgan fingerprint density at radius 2 is 2.15 bits per heavy atom. The molecule has 0 saturated heterocycles. The fourth-order valence-electron chi connectivity index (χ4n) is 0.854. The second-order valence-electron chi connectivity index (χ2n) is 2.75. The molecule has 0 fully saturated rings. The van der Waals surface area contributed by atoms with E-state index < -0.39 is 0 Å². The summed E-state index contributed by atoms with van der Waals surface area (Å²) in [5, 5.41) is -0.0260. The first-order valence-electron chi connectivity index (χ1n) is 4.42. The number of nitrogens with two attached hydrogens (primary N) is 1. The molecule has 0 aliphatic carbocycles. The zero-order valence-corrected chi connectivity index (χ0v) is 8.65. The third-order valence-corrected chi connectivity index (χ3v) is 1.58. The van der Waals surface area contributed by atoms with Crippen LogP contribution in [0.2, 0.25) is 0 Å². The molecule has 0 bridgehead atoms. The van der Waals surface area contributed by atoms with Crippen molar-refractivity contribution in [1.29, 1.82) is 0 Å². The molecule has 0 aliphatic heterocycles. The molecule has 0 radical (unpaired) electrons. The minimum Gasteiger partial charge on any atom is -0.374 e. The maximum Gasteiger partial charge on any atom is 0.332 e. The zero-order valence-electron chi connectivity index (χ0n) is 7.84. The van der Waals surface area contributed by atoms with Crippen molar-refractivity contribution < 1.29 is 9.63 Å². The van der Waals surface area contributed by atoms with Crippen molar-refractivity contribution in [1.82, 2.24) is 5.48 Å². The van der Waals surface area contributed by atoms with E-state index in [1.54, 1.807) is 0 Å². The predicted octanol–water partition coefficient (Wildman–Crippen LogP) is 1.25. The first kappa shape index (κ1) is 12.2. The van der Waals surface area contributed by atoms with Gasteiger partial charge in [-0.25, -0.2) is 4.79 Å². The van der Waals surface area contributed by atoms with Crippen LogP contribution in [0.15, 0.2) is 0 Å². The van der Waals surface area contributed by atoms with Crippen LogP contribution in [0.5, 0.6) is 0 Å². The molecule has 13 heavy (non-hydrogen) atoms. The number of carbonyl (C=O) groups is 1. The van der Waals surface area contributed by atoms with E-state index in [0.29, 0.717) is 6.42 Å². The number of carbonyl (C=O) groups excluding carboxylic acids is 1. The molecule has 0 aromatic heterocycles. The number of thiocarbonyl (C=S) groups is 1. The van der Waals surface area contributed by atoms with Crippen molar-refractivity contribution in [3.05, 3.63) is 0 Å². The van der Waals surface area contributed by atoms with Crippen LogP contribution in [-0.4, -0.2) is 11.1 Å². The van der Waals surface area contributed by atoms with Crippen LogP contribution < -0.4 is 11.2 Å². The lowest BCUT2D eigenvalue weighted by atomic mass is 10.2. The van der Waals surface area contributed by atoms with Gasteiger partial charge < -0.3 is 10.6 Å². The summed E-state index contributed by atoms with van der Waals surface area (Å²) in [4.78, 5) is 15.4. The van der Waals surface area contributed by atoms with Crippen molar-refractivity contribution in [3.8, 4) is 0 Å². The number of rotatable bonds is 5. The molecule has 4 nitrogen and oxygen atoms in total. The lowest BCUT2D eigenvalue weighted by Crippen LogP contribution is -2.31. The van der Waals surface area contributed by atoms with E-state index in [4.69, 9.17) is 5.73 Å². The Morgan fingerprint density at radius 3 is 2.69 bits per heavy atom. The van der Waals surface area contributed by atoms with Gasteiger partial charge in [0.05, 0.1) is 0 Å². The largest absolute Gasteiger partial charge is 0.374 e. The Bertz CT molecular complexity index is 174. The number of hydrogen-bond donors (Lipinski definition) is 2. The van der Waals surface area contributed by atoms with Crippen molar-refractivity contribution in [2.45, 2.75) is 39.0 Å². The van der Waals surface area contributed by atoms with Crippen LogP contribution in [0.25, 0.3) is 0 Å². The molecule has 3 N–H and O–H groups in total. The molecule has 0 atom stereocenters. The summed E-state index contributed by atoms with van der Waals surface area (Å²) in [6, 6.07) is 0. The van der Waals surface area contributed by atoms with E-state index in [1.165, 1.54) is 0 Å². The van der Waals surface area contributed by atoms with Gasteiger partial charge in [-0.05, 0) is 18.6 Å². The standard InChI is InChI=1S/C8H16N2O2S/c1-2-3-4-5-6-7(11)12-10-8(9)13/h2-6H2,1H3,(H3,9,10,13). The van der Waals surface area contributed by atoms with Crippen LogP contribution in [-0.2, 0) is 9.63 Å². The fraction of sp³-hybridized carbons (Fsp3) is 0.750. The minimum atomic E-state index is -0.316. The van der Waals surface area contributed by atoms with Crippen LogP contribution >= 0.6 is 12.2 Å². The van der Waals surface area contributed by atoms with Crippen molar-refractivity contribution >= 4 is 23.3 Å². The maximum atomic E-state index is 10.9. The first-order valence-corrected chi connectivity index (χ1v) is 4.82. The van der Waals surface area contributed by atoms with Gasteiger partial charge in [0.2, 0.25) is 0 Å². The van der Waals surface area contributed by atoms with Crippen LogP contribution in [0.3, 0.4) is 0 Å². The van der Waals surface area contributed by atoms with E-state index in [1.807, 2.05) is 0 Å². The lowest BCUT2D eigenvalue weighted by Gasteiger charge is -2.03. The van der Waals surface area contributed by atoms with Gasteiger partial charge in [-0.15, -0.1) is 0 Å². The molecule has 0 aliphatic rings. The Labute approximate surface area is 83.8 Å². The van der Waals surface area contributed by atoms with Gasteiger partial charge in [0, 0.05) is 6.42 Å². The third-order valence-electron chi connectivity index (χ3n) is 1.50. The molecule has 76 valence electrons. The molecule has 0 unspecified atom stereocenters. The monoisotopic (exact) mass is 204 g/mol. The third kappa shape index (κ3) is 9.07. The molecule has 0 amide bonds. The van der Waals surface area contributed by atoms with Crippen molar-refractivity contribution in [3.63, 3.8) is 0 Å². The summed E-state index contributed by atoms with van der Waals surface area (Å²) in [6.45, 7) is 2.12. The quantitative estimate of drug-likeness (QED) is 0.401. The van der Waals surface area contributed by atoms with E-state index in [2.05, 4.69) is 29.5 Å². The molecule has 0 aromatic rings. The first-order chi connectivity index (χ1) is 6.16. The summed E-state index contributed by atoms with van der Waals surface area (Å²) >= 11 is 4.46. The summed E-state index contributed by atoms with van der Waals surface area (Å²) in [7, 11) is 0. The number of hydroxylamine groups is 1. The SMILES string of the molecule is CCCCCCC(=O)ONC(N)=S. The second-order valence-corrected chi connectivity index (χ2v) is 3.19. The summed E-state index contributed by atoms with van der Waals surface area (Å²) in [5.74, 6) is -0.316. The molecule has 0 rings (SSSR count). The topological polar surface area (TPSA) is 64.3 Å². The van der Waals surface area contributed by atoms with Gasteiger partial charge in [-0.3, -0.25) is 0 Å². The molecular weight excluding hydrogens is 188 g/mol. The molecule has 0 heterocycles. The Balaban J connectivity index is 3.25. The minimum absolute atomic E-state index is 0.0260. The van der Waals surface area contributed by atoms with Gasteiger partial charge in [-0.1, -0.05) is 26.2 Å². The smallest absolute Gasteiger partial charge is 0.332 e. The van der Waals surface area contributed by atoms with Gasteiger partial charge in [0.1, 0.15) is 0 Å². The van der Waals surface area contributed by atoms with E-state index in [0.717, 1.165) is 25.7 Å². The van der Waals surface area contributed by atoms with E-state index in [-0.39, 0.29) is 11.1 Å². The highest BCUT2D eigenvalue weighted by Crippen LogP contribution is 2.02. The van der Waals surface area contributed by atoms with Gasteiger partial charge in [0.25, 0.3) is 0 Å². The Morgan fingerprint density at radius 1 is 1.46 bits per heavy atom. The highest BCUT2D eigenvalue weighted by molar-refractivity contribution is 7.80. The van der Waals surface area contributed by atoms with Crippen LogP contribution in [0.1, 0.15) is 39.0 Å². The average Bonchev–Trinajstić information content (AvgIpc) is 2.09. The summed E-state index contributed by atoms with van der Waals surface area (Å²) < 4.78 is 0. The molecule has 0 spiro atoms. The number of unbranched alkanes of at least 4 members (excludes halogenated alkanes) is 3. The molecular formula is C8H16N2O2S. The van der Waals surface area contributed by atoms with Gasteiger partial charge in [-0.2, -0.15) is 5.48 Å². The normalized spacial score (nSPS) is 9.31. The maximum absolute atomic E-state index is 10.9. The van der Waals surface area contributed by atoms with Crippen LogP contribution in [0, 0.1) is 0 Å². The Kier molecular flexibility index (Phi) is 7.29. The summed E-state index contributed by atoms with van der Waals surface area (Å²) in [5.41, 5.74) is 7.21. The number of hydrogen-bond acceptors (Lipinski definition) is 3. The van der Waals surface area contributed by atoms with Crippen molar-refractivity contribution in [2.75, 3.05) is 0 Å². The molecule has 0 saturated carbocycles. The zero-order chi connectivity index (χ0) is 10.1. The number of nitrogens with one attached hydrogen (secondary N) is 1. The predicted molar refractivity (Wildman–Crippen MR) is 54.8 cm³/mol.